The van der Waals surface area contributed by atoms with Gasteiger partial charge in [0.15, 0.2) is 0 Å². The molecule has 2 aliphatic carbocycles. The van der Waals surface area contributed by atoms with Crippen molar-refractivity contribution in [2.75, 3.05) is 13.1 Å². The van der Waals surface area contributed by atoms with E-state index < -0.39 is 0 Å². The zero-order valence-electron chi connectivity index (χ0n) is 8.97. The summed E-state index contributed by atoms with van der Waals surface area (Å²) < 4.78 is 0. The van der Waals surface area contributed by atoms with Crippen LogP contribution in [-0.2, 0) is 0 Å². The average molecular weight is 194 g/mol. The summed E-state index contributed by atoms with van der Waals surface area (Å²) in [5.74, 6) is 2.12. The molecule has 2 heteroatoms. The lowest BCUT2D eigenvalue weighted by Crippen LogP contribution is -2.46. The third kappa shape index (κ3) is 1.70. The van der Waals surface area contributed by atoms with Crippen LogP contribution < -0.4 is 10.6 Å². The van der Waals surface area contributed by atoms with E-state index in [0.29, 0.717) is 0 Å². The maximum atomic E-state index is 3.91. The van der Waals surface area contributed by atoms with Crippen molar-refractivity contribution < 1.29 is 0 Å². The molecule has 0 radical (unpaired) electrons. The third-order valence-corrected chi connectivity index (χ3v) is 4.53. The van der Waals surface area contributed by atoms with E-state index >= 15 is 0 Å². The van der Waals surface area contributed by atoms with E-state index in [-0.39, 0.29) is 0 Å². The molecule has 2 saturated carbocycles. The minimum Gasteiger partial charge on any atom is -0.317 e. The lowest BCUT2D eigenvalue weighted by Gasteiger charge is -2.31. The number of rotatable bonds is 2. The van der Waals surface area contributed by atoms with Crippen LogP contribution in [0.5, 0.6) is 0 Å². The molecule has 3 fully saturated rings. The Kier molecular flexibility index (Phi) is 2.50. The Bertz CT molecular complexity index is 198. The summed E-state index contributed by atoms with van der Waals surface area (Å²) in [7, 11) is 0. The molecule has 0 aromatic heterocycles. The predicted molar refractivity (Wildman–Crippen MR) is 58.3 cm³/mol. The Labute approximate surface area is 86.8 Å². The van der Waals surface area contributed by atoms with Gasteiger partial charge in [0.05, 0.1) is 0 Å². The number of piperidine rings is 1. The van der Waals surface area contributed by atoms with E-state index in [1.54, 1.807) is 0 Å². The second-order valence-corrected chi connectivity index (χ2v) is 5.47. The van der Waals surface area contributed by atoms with E-state index in [1.165, 1.54) is 51.6 Å². The normalized spacial score (nSPS) is 43.3. The molecule has 0 aromatic rings. The summed E-state index contributed by atoms with van der Waals surface area (Å²) in [6.45, 7) is 2.44. The minimum absolute atomic E-state index is 0.820. The van der Waals surface area contributed by atoms with Crippen molar-refractivity contribution in [1.29, 1.82) is 0 Å². The van der Waals surface area contributed by atoms with Gasteiger partial charge in [0.1, 0.15) is 0 Å². The van der Waals surface area contributed by atoms with Crippen LogP contribution in [0.15, 0.2) is 0 Å². The highest BCUT2D eigenvalue weighted by Gasteiger charge is 2.39. The number of hydrogen-bond donors (Lipinski definition) is 2. The Balaban J connectivity index is 1.52. The van der Waals surface area contributed by atoms with Gasteiger partial charge in [0.2, 0.25) is 0 Å². The van der Waals surface area contributed by atoms with Crippen molar-refractivity contribution in [3.8, 4) is 0 Å². The minimum atomic E-state index is 0.820. The number of fused-ring (bicyclic) bond motifs is 2. The highest BCUT2D eigenvalue weighted by Crippen LogP contribution is 2.44. The molecule has 3 unspecified atom stereocenters. The molecule has 3 atom stereocenters. The quantitative estimate of drug-likeness (QED) is 0.696. The van der Waals surface area contributed by atoms with Crippen molar-refractivity contribution in [3.63, 3.8) is 0 Å². The second-order valence-electron chi connectivity index (χ2n) is 5.47. The van der Waals surface area contributed by atoms with Gasteiger partial charge in [-0.15, -0.1) is 0 Å². The molecule has 0 spiro atoms. The molecule has 3 aliphatic rings. The van der Waals surface area contributed by atoms with Gasteiger partial charge in [-0.25, -0.2) is 0 Å². The largest absolute Gasteiger partial charge is 0.317 e. The first-order valence-corrected chi connectivity index (χ1v) is 6.38. The van der Waals surface area contributed by atoms with E-state index in [1.807, 2.05) is 0 Å². The lowest BCUT2D eigenvalue weighted by atomic mass is 9.93. The van der Waals surface area contributed by atoms with Crippen molar-refractivity contribution in [1.82, 2.24) is 10.6 Å². The maximum absolute atomic E-state index is 3.91. The summed E-state index contributed by atoms with van der Waals surface area (Å²) in [5, 5.41) is 7.34. The Hall–Kier alpha value is -0.0800. The summed E-state index contributed by atoms with van der Waals surface area (Å²) in [4.78, 5) is 0. The summed E-state index contributed by atoms with van der Waals surface area (Å²) in [6.07, 6.45) is 8.72. The maximum Gasteiger partial charge on any atom is 0.0101 e. The van der Waals surface area contributed by atoms with Gasteiger partial charge in [-0.05, 0) is 57.0 Å². The molecule has 2 nitrogen and oxygen atoms in total. The molecule has 0 amide bonds. The van der Waals surface area contributed by atoms with Gasteiger partial charge in [0.25, 0.3) is 0 Å². The number of nitrogens with one attached hydrogen (secondary N) is 2. The van der Waals surface area contributed by atoms with E-state index in [2.05, 4.69) is 10.6 Å². The first-order valence-electron chi connectivity index (χ1n) is 6.38. The van der Waals surface area contributed by atoms with Crippen LogP contribution in [0.2, 0.25) is 0 Å². The molecule has 2 N–H and O–H groups in total. The fraction of sp³-hybridized carbons (Fsp3) is 1.00. The fourth-order valence-corrected chi connectivity index (χ4v) is 3.74. The second kappa shape index (κ2) is 3.82. The van der Waals surface area contributed by atoms with Gasteiger partial charge in [-0.2, -0.15) is 0 Å². The zero-order valence-corrected chi connectivity index (χ0v) is 8.97. The SMILES string of the molecule is C1CC(NC2CC3CCC2C3)CCN1. The van der Waals surface area contributed by atoms with Gasteiger partial charge in [-0.3, -0.25) is 0 Å². The Morgan fingerprint density at radius 2 is 1.79 bits per heavy atom. The fourth-order valence-electron chi connectivity index (χ4n) is 3.74. The highest BCUT2D eigenvalue weighted by molar-refractivity contribution is 4.95. The molecule has 1 aliphatic heterocycles. The topological polar surface area (TPSA) is 24.1 Å². The van der Waals surface area contributed by atoms with Crippen molar-refractivity contribution >= 4 is 0 Å². The lowest BCUT2D eigenvalue weighted by molar-refractivity contribution is 0.284. The molecule has 1 heterocycles. The van der Waals surface area contributed by atoms with Crippen molar-refractivity contribution in [3.05, 3.63) is 0 Å². The van der Waals surface area contributed by atoms with Crippen LogP contribution in [0.3, 0.4) is 0 Å². The zero-order chi connectivity index (χ0) is 9.38. The monoisotopic (exact) mass is 194 g/mol. The van der Waals surface area contributed by atoms with E-state index in [0.717, 1.165) is 23.9 Å². The van der Waals surface area contributed by atoms with E-state index in [4.69, 9.17) is 0 Å². The first kappa shape index (κ1) is 9.17. The van der Waals surface area contributed by atoms with Crippen LogP contribution in [0.25, 0.3) is 0 Å². The smallest absolute Gasteiger partial charge is 0.0101 e. The van der Waals surface area contributed by atoms with Crippen LogP contribution in [0.4, 0.5) is 0 Å². The van der Waals surface area contributed by atoms with Crippen LogP contribution in [-0.4, -0.2) is 25.2 Å². The highest BCUT2D eigenvalue weighted by atomic mass is 15.0. The van der Waals surface area contributed by atoms with E-state index in [9.17, 15) is 0 Å². The van der Waals surface area contributed by atoms with Gasteiger partial charge in [-0.1, -0.05) is 6.42 Å². The Morgan fingerprint density at radius 3 is 2.43 bits per heavy atom. The van der Waals surface area contributed by atoms with Gasteiger partial charge >= 0.3 is 0 Å². The molecular weight excluding hydrogens is 172 g/mol. The number of hydrogen-bond acceptors (Lipinski definition) is 2. The summed E-state index contributed by atoms with van der Waals surface area (Å²) in [6, 6.07) is 1.71. The van der Waals surface area contributed by atoms with Gasteiger partial charge in [0, 0.05) is 12.1 Å². The van der Waals surface area contributed by atoms with Gasteiger partial charge < -0.3 is 10.6 Å². The molecule has 3 rings (SSSR count). The third-order valence-electron chi connectivity index (χ3n) is 4.53. The van der Waals surface area contributed by atoms with Crippen LogP contribution >= 0.6 is 0 Å². The average Bonchev–Trinajstić information content (AvgIpc) is 2.81. The molecule has 14 heavy (non-hydrogen) atoms. The van der Waals surface area contributed by atoms with Crippen LogP contribution in [0.1, 0.15) is 38.5 Å². The molecule has 80 valence electrons. The van der Waals surface area contributed by atoms with Crippen LogP contribution in [0, 0.1) is 11.8 Å². The predicted octanol–water partition coefficient (Wildman–Crippen LogP) is 1.52. The Morgan fingerprint density at radius 1 is 0.929 bits per heavy atom. The first-order chi connectivity index (χ1) is 6.92. The summed E-state index contributed by atoms with van der Waals surface area (Å²) >= 11 is 0. The molecule has 0 aromatic carbocycles. The summed E-state index contributed by atoms with van der Waals surface area (Å²) in [5.41, 5.74) is 0. The molecule has 1 saturated heterocycles. The van der Waals surface area contributed by atoms with Crippen molar-refractivity contribution in [2.45, 2.75) is 50.6 Å². The molecular formula is C12H22N2. The standard InChI is InChI=1S/C12H22N2/c1-2-10-7-9(1)8-12(10)14-11-3-5-13-6-4-11/h9-14H,1-8H2. The molecule has 2 bridgehead atoms. The van der Waals surface area contributed by atoms with Crippen molar-refractivity contribution in [2.24, 2.45) is 11.8 Å².